The SMILES string of the molecule is CCc1[c]c(F)c(-c2ccccc2)cc1. The molecular weight excluding hydrogens is 187 g/mol. The zero-order valence-electron chi connectivity index (χ0n) is 8.63. The molecule has 2 aromatic carbocycles. The van der Waals surface area contributed by atoms with Crippen LogP contribution in [-0.2, 0) is 6.42 Å². The number of rotatable bonds is 2. The molecule has 75 valence electrons. The molecule has 0 aliphatic heterocycles. The predicted molar refractivity (Wildman–Crippen MR) is 60.1 cm³/mol. The van der Waals surface area contributed by atoms with Gasteiger partial charge in [-0.2, -0.15) is 0 Å². The molecule has 0 spiro atoms. The van der Waals surface area contributed by atoms with Crippen LogP contribution in [0.15, 0.2) is 42.5 Å². The summed E-state index contributed by atoms with van der Waals surface area (Å²) in [7, 11) is 0. The Labute approximate surface area is 89.4 Å². The zero-order chi connectivity index (χ0) is 10.7. The number of hydrogen-bond donors (Lipinski definition) is 0. The molecule has 0 nitrogen and oxygen atoms in total. The van der Waals surface area contributed by atoms with E-state index in [1.165, 1.54) is 0 Å². The first-order valence-electron chi connectivity index (χ1n) is 5.07. The number of hydrogen-bond acceptors (Lipinski definition) is 0. The first-order valence-corrected chi connectivity index (χ1v) is 5.07. The van der Waals surface area contributed by atoms with Crippen LogP contribution in [0.5, 0.6) is 0 Å². The van der Waals surface area contributed by atoms with Gasteiger partial charge in [0, 0.05) is 11.6 Å². The van der Waals surface area contributed by atoms with Gasteiger partial charge in [0.2, 0.25) is 0 Å². The Morgan fingerprint density at radius 2 is 1.80 bits per heavy atom. The van der Waals surface area contributed by atoms with E-state index in [2.05, 4.69) is 6.07 Å². The standard InChI is InChI=1S/C14H12F/c1-2-11-8-9-13(14(15)10-11)12-6-4-3-5-7-12/h3-9H,2H2,1H3. The van der Waals surface area contributed by atoms with Gasteiger partial charge in [-0.3, -0.25) is 0 Å². The van der Waals surface area contributed by atoms with E-state index in [1.807, 2.05) is 49.4 Å². The van der Waals surface area contributed by atoms with E-state index < -0.39 is 0 Å². The molecule has 0 aromatic heterocycles. The third-order valence-electron chi connectivity index (χ3n) is 2.42. The molecular formula is C14H12F. The van der Waals surface area contributed by atoms with Gasteiger partial charge in [-0.25, -0.2) is 4.39 Å². The maximum Gasteiger partial charge on any atom is 0.139 e. The Morgan fingerprint density at radius 1 is 1.07 bits per heavy atom. The molecule has 0 amide bonds. The first-order chi connectivity index (χ1) is 7.31. The molecule has 0 heterocycles. The Kier molecular flexibility index (Phi) is 2.82. The summed E-state index contributed by atoms with van der Waals surface area (Å²) in [4.78, 5) is 0. The van der Waals surface area contributed by atoms with Crippen molar-refractivity contribution >= 4 is 0 Å². The quantitative estimate of drug-likeness (QED) is 0.689. The fraction of sp³-hybridized carbons (Fsp3) is 0.143. The van der Waals surface area contributed by atoms with Crippen molar-refractivity contribution < 1.29 is 4.39 Å². The fourth-order valence-corrected chi connectivity index (χ4v) is 1.55. The van der Waals surface area contributed by atoms with Crippen molar-refractivity contribution in [2.45, 2.75) is 13.3 Å². The van der Waals surface area contributed by atoms with E-state index in [4.69, 9.17) is 0 Å². The molecule has 15 heavy (non-hydrogen) atoms. The topological polar surface area (TPSA) is 0 Å². The molecule has 0 atom stereocenters. The van der Waals surface area contributed by atoms with E-state index in [0.29, 0.717) is 5.56 Å². The van der Waals surface area contributed by atoms with Crippen LogP contribution in [0.2, 0.25) is 0 Å². The van der Waals surface area contributed by atoms with Crippen LogP contribution in [0.3, 0.4) is 0 Å². The third kappa shape index (κ3) is 2.07. The number of halogens is 1. The van der Waals surface area contributed by atoms with Crippen molar-refractivity contribution in [3.05, 3.63) is 59.9 Å². The lowest BCUT2D eigenvalue weighted by atomic mass is 10.0. The highest BCUT2D eigenvalue weighted by molar-refractivity contribution is 5.64. The van der Waals surface area contributed by atoms with Gasteiger partial charge >= 0.3 is 0 Å². The summed E-state index contributed by atoms with van der Waals surface area (Å²) in [6.45, 7) is 1.99. The Morgan fingerprint density at radius 3 is 2.40 bits per heavy atom. The van der Waals surface area contributed by atoms with Crippen LogP contribution in [0.4, 0.5) is 4.39 Å². The molecule has 0 saturated heterocycles. The highest BCUT2D eigenvalue weighted by Crippen LogP contribution is 2.22. The van der Waals surface area contributed by atoms with Crippen molar-refractivity contribution in [3.63, 3.8) is 0 Å². The minimum atomic E-state index is -0.263. The normalized spacial score (nSPS) is 10.3. The van der Waals surface area contributed by atoms with E-state index in [1.54, 1.807) is 0 Å². The second kappa shape index (κ2) is 4.26. The maximum atomic E-state index is 13.7. The lowest BCUT2D eigenvalue weighted by Crippen LogP contribution is -1.88. The van der Waals surface area contributed by atoms with Crippen LogP contribution >= 0.6 is 0 Å². The Balaban J connectivity index is 2.46. The van der Waals surface area contributed by atoms with Gasteiger partial charge in [-0.1, -0.05) is 49.4 Å². The largest absolute Gasteiger partial charge is 0.206 e. The van der Waals surface area contributed by atoms with Gasteiger partial charge in [0.15, 0.2) is 0 Å². The van der Waals surface area contributed by atoms with Gasteiger partial charge in [0.25, 0.3) is 0 Å². The van der Waals surface area contributed by atoms with Gasteiger partial charge in [0.1, 0.15) is 5.82 Å². The summed E-state index contributed by atoms with van der Waals surface area (Å²) >= 11 is 0. The summed E-state index contributed by atoms with van der Waals surface area (Å²) in [6, 6.07) is 16.0. The number of aryl methyl sites for hydroxylation is 1. The highest BCUT2D eigenvalue weighted by Gasteiger charge is 2.04. The van der Waals surface area contributed by atoms with Crippen LogP contribution in [0.1, 0.15) is 12.5 Å². The monoisotopic (exact) mass is 199 g/mol. The van der Waals surface area contributed by atoms with Gasteiger partial charge in [-0.15, -0.1) is 0 Å². The molecule has 0 fully saturated rings. The summed E-state index contributed by atoms with van der Waals surface area (Å²) < 4.78 is 13.7. The fourth-order valence-electron chi connectivity index (χ4n) is 1.55. The molecule has 2 aromatic rings. The minimum Gasteiger partial charge on any atom is -0.206 e. The van der Waals surface area contributed by atoms with Crippen molar-refractivity contribution in [1.82, 2.24) is 0 Å². The number of benzene rings is 2. The Hall–Kier alpha value is -1.63. The summed E-state index contributed by atoms with van der Waals surface area (Å²) in [5.74, 6) is -0.263. The highest BCUT2D eigenvalue weighted by atomic mass is 19.1. The molecule has 0 bridgehead atoms. The first kappa shape index (κ1) is 9.91. The lowest BCUT2D eigenvalue weighted by Gasteiger charge is -2.04. The zero-order valence-corrected chi connectivity index (χ0v) is 8.63. The smallest absolute Gasteiger partial charge is 0.139 e. The van der Waals surface area contributed by atoms with Crippen LogP contribution in [0.25, 0.3) is 11.1 Å². The summed E-state index contributed by atoms with van der Waals surface area (Å²) in [5.41, 5.74) is 2.42. The molecule has 0 unspecified atom stereocenters. The molecule has 2 rings (SSSR count). The molecule has 1 heteroatoms. The summed E-state index contributed by atoms with van der Waals surface area (Å²) in [6.07, 6.45) is 0.811. The molecule has 0 aliphatic carbocycles. The molecule has 0 aliphatic rings. The van der Waals surface area contributed by atoms with Crippen LogP contribution < -0.4 is 0 Å². The average molecular weight is 199 g/mol. The predicted octanol–water partition coefficient (Wildman–Crippen LogP) is 3.86. The van der Waals surface area contributed by atoms with E-state index in [0.717, 1.165) is 17.5 Å². The maximum absolute atomic E-state index is 13.7. The van der Waals surface area contributed by atoms with Gasteiger partial charge < -0.3 is 0 Å². The van der Waals surface area contributed by atoms with Gasteiger partial charge in [0.05, 0.1) is 0 Å². The van der Waals surface area contributed by atoms with Crippen molar-refractivity contribution in [2.75, 3.05) is 0 Å². The van der Waals surface area contributed by atoms with Crippen molar-refractivity contribution in [3.8, 4) is 11.1 Å². The van der Waals surface area contributed by atoms with E-state index in [-0.39, 0.29) is 5.82 Å². The van der Waals surface area contributed by atoms with E-state index in [9.17, 15) is 4.39 Å². The minimum absolute atomic E-state index is 0.263. The Bertz CT molecular complexity index is 446. The second-order valence-corrected chi connectivity index (χ2v) is 3.43. The molecule has 1 radical (unpaired) electrons. The van der Waals surface area contributed by atoms with Crippen molar-refractivity contribution in [1.29, 1.82) is 0 Å². The average Bonchev–Trinajstić information content (AvgIpc) is 2.30. The van der Waals surface area contributed by atoms with E-state index >= 15 is 0 Å². The second-order valence-electron chi connectivity index (χ2n) is 3.43. The third-order valence-corrected chi connectivity index (χ3v) is 2.42. The van der Waals surface area contributed by atoms with Crippen molar-refractivity contribution in [2.24, 2.45) is 0 Å². The van der Waals surface area contributed by atoms with Crippen LogP contribution in [-0.4, -0.2) is 0 Å². The van der Waals surface area contributed by atoms with Crippen LogP contribution in [0, 0.1) is 11.9 Å². The lowest BCUT2D eigenvalue weighted by molar-refractivity contribution is 0.627. The summed E-state index contributed by atoms with van der Waals surface area (Å²) in [5, 5.41) is 0. The van der Waals surface area contributed by atoms with Gasteiger partial charge in [-0.05, 0) is 17.5 Å². The molecule has 0 N–H and O–H groups in total. The molecule has 0 saturated carbocycles.